The van der Waals surface area contributed by atoms with E-state index >= 15 is 0 Å². The fourth-order valence-electron chi connectivity index (χ4n) is 6.33. The Balaban J connectivity index is 1.12. The van der Waals surface area contributed by atoms with Gasteiger partial charge in [0, 0.05) is 61.4 Å². The van der Waals surface area contributed by atoms with E-state index in [0.717, 1.165) is 72.4 Å². The lowest BCUT2D eigenvalue weighted by Gasteiger charge is -2.43. The van der Waals surface area contributed by atoms with Gasteiger partial charge >= 0.3 is 6.09 Å². The van der Waals surface area contributed by atoms with Crippen molar-refractivity contribution in [3.63, 3.8) is 0 Å². The van der Waals surface area contributed by atoms with Crippen molar-refractivity contribution in [2.24, 2.45) is 0 Å². The molecule has 13 heteroatoms. The number of carbonyl (C=O) groups is 1. The van der Waals surface area contributed by atoms with Gasteiger partial charge in [0.1, 0.15) is 23.8 Å². The van der Waals surface area contributed by atoms with Gasteiger partial charge in [-0.1, -0.05) is 6.07 Å². The third kappa shape index (κ3) is 5.81. The Labute approximate surface area is 264 Å². The molecule has 0 saturated carbocycles. The minimum atomic E-state index is -2.96. The Morgan fingerprint density at radius 2 is 1.85 bits per heavy atom. The van der Waals surface area contributed by atoms with E-state index in [1.807, 2.05) is 18.2 Å². The minimum absolute atomic E-state index is 0.00384. The predicted molar refractivity (Wildman–Crippen MR) is 166 cm³/mol. The molecule has 7 rings (SSSR count). The number of carbonyl (C=O) groups excluding carboxylic acids is 1. The van der Waals surface area contributed by atoms with Crippen molar-refractivity contribution in [2.45, 2.75) is 24.8 Å². The Bertz CT molecular complexity index is 1810. The number of piperazine rings is 1. The quantitative estimate of drug-likeness (QED) is 0.317. The van der Waals surface area contributed by atoms with Gasteiger partial charge in [0.25, 0.3) is 5.92 Å². The molecule has 0 spiro atoms. The summed E-state index contributed by atoms with van der Waals surface area (Å²) in [6, 6.07) is 15.4. The van der Waals surface area contributed by atoms with Crippen molar-refractivity contribution in [2.75, 3.05) is 64.5 Å². The topological polar surface area (TPSA) is 120 Å². The number of amides is 1. The molecule has 0 bridgehead atoms. The summed E-state index contributed by atoms with van der Waals surface area (Å²) in [4.78, 5) is 30.7. The van der Waals surface area contributed by atoms with Crippen LogP contribution in [-0.2, 0) is 4.74 Å². The number of hydrogen-bond donors (Lipinski definition) is 1. The molecule has 2 aromatic heterocycles. The van der Waals surface area contributed by atoms with E-state index < -0.39 is 18.6 Å². The first-order valence-corrected chi connectivity index (χ1v) is 15.3. The molecule has 1 N–H and O–H groups in total. The van der Waals surface area contributed by atoms with E-state index in [-0.39, 0.29) is 30.7 Å². The number of halogens is 2. The maximum absolute atomic E-state index is 13.8. The van der Waals surface area contributed by atoms with Crippen LogP contribution in [0.2, 0.25) is 0 Å². The van der Waals surface area contributed by atoms with Crippen molar-refractivity contribution >= 4 is 22.8 Å². The number of methoxy groups -OCH3 is 1. The summed E-state index contributed by atoms with van der Waals surface area (Å²) >= 11 is 0. The van der Waals surface area contributed by atoms with E-state index in [2.05, 4.69) is 36.9 Å². The highest BCUT2D eigenvalue weighted by atomic mass is 19.3. The van der Waals surface area contributed by atoms with E-state index in [1.165, 1.54) is 12.4 Å². The van der Waals surface area contributed by atoms with Gasteiger partial charge in [0.05, 0.1) is 49.9 Å². The van der Waals surface area contributed by atoms with Crippen molar-refractivity contribution in [3.05, 3.63) is 54.4 Å². The number of aromatic amines is 1. The van der Waals surface area contributed by atoms with Crippen LogP contribution in [0, 0.1) is 11.3 Å². The molecule has 1 amide bonds. The molecule has 0 radical (unpaired) electrons. The van der Waals surface area contributed by atoms with E-state index in [0.29, 0.717) is 22.9 Å². The number of alkyl halides is 2. The number of piperidine rings is 1. The van der Waals surface area contributed by atoms with Gasteiger partial charge in [-0.2, -0.15) is 5.26 Å². The number of fused-ring (bicyclic) bond motifs is 1. The molecule has 0 unspecified atom stereocenters. The van der Waals surface area contributed by atoms with Crippen LogP contribution in [0.25, 0.3) is 33.5 Å². The smallest absolute Gasteiger partial charge is 0.415 e. The highest BCUT2D eigenvalue weighted by Crippen LogP contribution is 2.37. The lowest BCUT2D eigenvalue weighted by Crippen LogP contribution is -2.56. The molecule has 4 aromatic rings. The van der Waals surface area contributed by atoms with Crippen molar-refractivity contribution in [1.82, 2.24) is 24.8 Å². The first kappa shape index (κ1) is 29.9. The number of likely N-dealkylation sites (tertiary alicyclic amines) is 1. The molecule has 3 aliphatic rings. The highest BCUT2D eigenvalue weighted by molar-refractivity contribution is 5.94. The number of benzene rings is 2. The van der Waals surface area contributed by atoms with Gasteiger partial charge in [-0.15, -0.1) is 0 Å². The minimum Gasteiger partial charge on any atom is -0.495 e. The Kier molecular flexibility index (Phi) is 7.92. The fraction of sp³-hybridized carbons (Fsp3) is 0.394. The summed E-state index contributed by atoms with van der Waals surface area (Å²) < 4.78 is 44.2. The van der Waals surface area contributed by atoms with Crippen molar-refractivity contribution in [3.8, 4) is 40.1 Å². The molecule has 0 aliphatic carbocycles. The lowest BCUT2D eigenvalue weighted by atomic mass is 10.0. The monoisotopic (exact) mass is 629 g/mol. The Hall–Kier alpha value is -4.80. The van der Waals surface area contributed by atoms with Crippen molar-refractivity contribution in [1.29, 1.82) is 5.26 Å². The Morgan fingerprint density at radius 1 is 1.04 bits per heavy atom. The van der Waals surface area contributed by atoms with Crippen LogP contribution in [0.3, 0.4) is 0 Å². The summed E-state index contributed by atoms with van der Waals surface area (Å²) in [5.74, 6) is -2.18. The van der Waals surface area contributed by atoms with Gasteiger partial charge in [0.2, 0.25) is 0 Å². The van der Waals surface area contributed by atoms with E-state index in [4.69, 9.17) is 14.2 Å². The molecule has 3 aliphatic heterocycles. The third-order valence-electron chi connectivity index (χ3n) is 8.93. The number of nitrogens with one attached hydrogen (secondary N) is 1. The van der Waals surface area contributed by atoms with Crippen LogP contribution < -0.4 is 14.4 Å². The largest absolute Gasteiger partial charge is 0.495 e. The molecule has 2 aromatic carbocycles. The average Bonchev–Trinajstić information content (AvgIpc) is 3.49. The molecular weight excluding hydrogens is 596 g/mol. The van der Waals surface area contributed by atoms with Crippen molar-refractivity contribution < 1.29 is 27.8 Å². The number of ether oxygens (including phenoxy) is 3. The molecule has 46 heavy (non-hydrogen) atoms. The standard InChI is InChI=1S/C33H33F2N7O4/c1-44-29-14-21(3-5-27(29)41-11-9-40(10-12-41)24-17-45-18-24)26-15-25-30(37-20-38-31(25)39-26)22-4-6-28(23(13-22)16-36)46-32(43)42-8-2-7-33(34,35)19-42/h3-6,13-15,20,24H,2,7-12,17-19H2,1H3,(H,37,38,39). The second-order valence-electron chi connectivity index (χ2n) is 11.8. The number of hydrogen-bond acceptors (Lipinski definition) is 9. The number of nitriles is 1. The highest BCUT2D eigenvalue weighted by Gasteiger charge is 2.38. The first-order valence-electron chi connectivity index (χ1n) is 15.3. The van der Waals surface area contributed by atoms with Crippen LogP contribution in [0.5, 0.6) is 11.5 Å². The van der Waals surface area contributed by atoms with E-state index in [9.17, 15) is 18.8 Å². The van der Waals surface area contributed by atoms with Crippen LogP contribution in [0.1, 0.15) is 18.4 Å². The zero-order valence-corrected chi connectivity index (χ0v) is 25.3. The number of H-pyrrole nitrogens is 1. The first-order chi connectivity index (χ1) is 22.3. The number of nitrogens with zero attached hydrogens (tertiary/aromatic N) is 6. The van der Waals surface area contributed by atoms with Crippen LogP contribution in [-0.4, -0.2) is 102 Å². The summed E-state index contributed by atoms with van der Waals surface area (Å²) in [7, 11) is 1.68. The SMILES string of the molecule is COc1cc(-c2cc3c(-c4ccc(OC(=O)N5CCCC(F)(F)C5)c(C#N)c4)ncnc3[nH]2)ccc1N1CCN(C2COC2)CC1. The Morgan fingerprint density at radius 3 is 2.57 bits per heavy atom. The third-order valence-corrected chi connectivity index (χ3v) is 8.93. The van der Waals surface area contributed by atoms with Crippen LogP contribution in [0.15, 0.2) is 48.8 Å². The predicted octanol–water partition coefficient (Wildman–Crippen LogP) is 4.92. The molecule has 0 atom stereocenters. The van der Waals surface area contributed by atoms with Gasteiger partial charge < -0.3 is 29.0 Å². The lowest BCUT2D eigenvalue weighted by molar-refractivity contribution is -0.0660. The normalized spacial score (nSPS) is 18.7. The zero-order valence-electron chi connectivity index (χ0n) is 25.3. The summed E-state index contributed by atoms with van der Waals surface area (Å²) in [5.41, 5.74) is 4.67. The number of anilines is 1. The van der Waals surface area contributed by atoms with Gasteiger partial charge in [-0.05, 0) is 42.8 Å². The molecule has 5 heterocycles. The molecule has 3 fully saturated rings. The number of aromatic nitrogens is 3. The second-order valence-corrected chi connectivity index (χ2v) is 11.8. The molecular formula is C33H33F2N7O4. The number of rotatable bonds is 6. The summed E-state index contributed by atoms with van der Waals surface area (Å²) in [6.45, 7) is 4.89. The molecule has 11 nitrogen and oxygen atoms in total. The summed E-state index contributed by atoms with van der Waals surface area (Å²) in [5, 5.41) is 10.6. The maximum atomic E-state index is 13.8. The van der Waals surface area contributed by atoms with Crippen LogP contribution in [0.4, 0.5) is 19.3 Å². The summed E-state index contributed by atoms with van der Waals surface area (Å²) in [6.07, 6.45) is 0.444. The fourth-order valence-corrected chi connectivity index (χ4v) is 6.33. The molecule has 3 saturated heterocycles. The van der Waals surface area contributed by atoms with E-state index in [1.54, 1.807) is 19.2 Å². The van der Waals surface area contributed by atoms with Gasteiger partial charge in [-0.3, -0.25) is 4.90 Å². The van der Waals surface area contributed by atoms with Gasteiger partial charge in [-0.25, -0.2) is 23.5 Å². The maximum Gasteiger partial charge on any atom is 0.415 e. The average molecular weight is 630 g/mol. The van der Waals surface area contributed by atoms with Gasteiger partial charge in [0.15, 0.2) is 5.75 Å². The zero-order chi connectivity index (χ0) is 31.8. The molecule has 238 valence electrons. The van der Waals surface area contributed by atoms with Crippen LogP contribution >= 0.6 is 0 Å². The second kappa shape index (κ2) is 12.2.